The highest BCUT2D eigenvalue weighted by Crippen LogP contribution is 2.21. The third-order valence-electron chi connectivity index (χ3n) is 3.62. The van der Waals surface area contributed by atoms with E-state index in [1.807, 2.05) is 0 Å². The summed E-state index contributed by atoms with van der Waals surface area (Å²) in [4.78, 5) is -0.0280. The molecule has 21 heavy (non-hydrogen) atoms. The van der Waals surface area contributed by atoms with Crippen LogP contribution in [0, 0.1) is 12.7 Å². The van der Waals surface area contributed by atoms with Crippen LogP contribution in [0.15, 0.2) is 17.0 Å². The van der Waals surface area contributed by atoms with Crippen molar-refractivity contribution in [1.29, 1.82) is 0 Å². The van der Waals surface area contributed by atoms with Crippen molar-refractivity contribution < 1.29 is 17.5 Å². The molecule has 1 saturated carbocycles. The third kappa shape index (κ3) is 4.15. The lowest BCUT2D eigenvalue weighted by Crippen LogP contribution is -2.28. The van der Waals surface area contributed by atoms with Crippen molar-refractivity contribution in [3.05, 3.63) is 23.5 Å². The second kappa shape index (κ2) is 6.72. The van der Waals surface area contributed by atoms with E-state index in [-0.39, 0.29) is 28.8 Å². The van der Waals surface area contributed by atoms with Crippen molar-refractivity contribution in [3.8, 4) is 0 Å². The minimum Gasteiger partial charge on any atom is -0.396 e. The largest absolute Gasteiger partial charge is 0.396 e. The van der Waals surface area contributed by atoms with Gasteiger partial charge in [0.15, 0.2) is 0 Å². The van der Waals surface area contributed by atoms with Gasteiger partial charge in [-0.15, -0.1) is 0 Å². The molecule has 0 bridgehead atoms. The zero-order chi connectivity index (χ0) is 15.5. The number of benzene rings is 1. The Hall–Kier alpha value is -1.18. The van der Waals surface area contributed by atoms with E-state index in [4.69, 9.17) is 10.5 Å². The zero-order valence-corrected chi connectivity index (χ0v) is 12.9. The van der Waals surface area contributed by atoms with E-state index in [1.54, 1.807) is 0 Å². The van der Waals surface area contributed by atoms with Gasteiger partial charge in [-0.2, -0.15) is 0 Å². The molecule has 5 nitrogen and oxygen atoms in total. The summed E-state index contributed by atoms with van der Waals surface area (Å²) in [5.74, 6) is -0.585. The summed E-state index contributed by atoms with van der Waals surface area (Å²) in [6.45, 7) is 2.00. The monoisotopic (exact) mass is 316 g/mol. The van der Waals surface area contributed by atoms with Crippen molar-refractivity contribution in [1.82, 2.24) is 4.72 Å². The van der Waals surface area contributed by atoms with Crippen LogP contribution in [0.5, 0.6) is 0 Å². The van der Waals surface area contributed by atoms with E-state index in [0.29, 0.717) is 6.61 Å². The van der Waals surface area contributed by atoms with E-state index in [1.165, 1.54) is 25.8 Å². The fourth-order valence-corrected chi connectivity index (χ4v) is 3.59. The number of ether oxygens (including phenoxy) is 1. The highest BCUT2D eigenvalue weighted by atomic mass is 32.2. The first kappa shape index (κ1) is 16.2. The number of sulfonamides is 1. The molecular formula is C14H21FN2O3S. The van der Waals surface area contributed by atoms with Crippen LogP contribution in [-0.2, 0) is 14.8 Å². The van der Waals surface area contributed by atoms with Gasteiger partial charge in [-0.3, -0.25) is 0 Å². The fraction of sp³-hybridized carbons (Fsp3) is 0.571. The Morgan fingerprint density at radius 2 is 2.05 bits per heavy atom. The van der Waals surface area contributed by atoms with Crippen LogP contribution in [-0.4, -0.2) is 27.7 Å². The molecule has 1 aliphatic rings. The van der Waals surface area contributed by atoms with E-state index >= 15 is 0 Å². The lowest BCUT2D eigenvalue weighted by Gasteiger charge is -2.12. The molecule has 2 rings (SSSR count). The van der Waals surface area contributed by atoms with E-state index in [0.717, 1.165) is 18.9 Å². The topological polar surface area (TPSA) is 81.4 Å². The van der Waals surface area contributed by atoms with Crippen molar-refractivity contribution in [2.75, 3.05) is 18.9 Å². The Morgan fingerprint density at radius 1 is 1.38 bits per heavy atom. The lowest BCUT2D eigenvalue weighted by atomic mass is 10.2. The normalized spacial score (nSPS) is 16.5. The maximum atomic E-state index is 13.4. The summed E-state index contributed by atoms with van der Waals surface area (Å²) >= 11 is 0. The van der Waals surface area contributed by atoms with Gasteiger partial charge in [0, 0.05) is 6.54 Å². The van der Waals surface area contributed by atoms with Crippen LogP contribution >= 0.6 is 0 Å². The highest BCUT2D eigenvalue weighted by molar-refractivity contribution is 7.89. The molecule has 7 heteroatoms. The maximum Gasteiger partial charge on any atom is 0.240 e. The minimum absolute atomic E-state index is 0.0280. The van der Waals surface area contributed by atoms with Gasteiger partial charge in [0.05, 0.1) is 23.3 Å². The van der Waals surface area contributed by atoms with Crippen LogP contribution in [0.4, 0.5) is 10.1 Å². The average molecular weight is 316 g/mol. The smallest absolute Gasteiger partial charge is 0.240 e. The molecule has 0 spiro atoms. The summed E-state index contributed by atoms with van der Waals surface area (Å²) in [6, 6.07) is 2.40. The van der Waals surface area contributed by atoms with Gasteiger partial charge in [0.25, 0.3) is 0 Å². The van der Waals surface area contributed by atoms with Gasteiger partial charge in [-0.05, 0) is 37.5 Å². The summed E-state index contributed by atoms with van der Waals surface area (Å²) in [6.07, 6.45) is 4.67. The number of rotatable bonds is 6. The molecule has 1 aromatic carbocycles. The van der Waals surface area contributed by atoms with E-state index in [9.17, 15) is 12.8 Å². The molecule has 0 aromatic heterocycles. The molecule has 0 heterocycles. The van der Waals surface area contributed by atoms with Crippen molar-refractivity contribution >= 4 is 15.7 Å². The first-order valence-electron chi connectivity index (χ1n) is 7.07. The summed E-state index contributed by atoms with van der Waals surface area (Å²) in [5.41, 5.74) is 5.50. The molecule has 1 aliphatic carbocycles. The minimum atomic E-state index is -3.69. The Morgan fingerprint density at radius 3 is 2.67 bits per heavy atom. The summed E-state index contributed by atoms with van der Waals surface area (Å²) < 4.78 is 45.6. The number of nitrogens with one attached hydrogen (secondary N) is 1. The second-order valence-electron chi connectivity index (χ2n) is 5.32. The highest BCUT2D eigenvalue weighted by Gasteiger charge is 2.18. The number of hydrogen-bond acceptors (Lipinski definition) is 4. The van der Waals surface area contributed by atoms with Gasteiger partial charge < -0.3 is 10.5 Å². The lowest BCUT2D eigenvalue weighted by molar-refractivity contribution is 0.0626. The molecule has 0 atom stereocenters. The Balaban J connectivity index is 1.92. The van der Waals surface area contributed by atoms with Crippen molar-refractivity contribution in [2.45, 2.75) is 43.6 Å². The number of nitrogens with two attached hydrogens (primary N) is 1. The SMILES string of the molecule is Cc1cc(S(=O)(=O)NCCOC2CCCC2)cc(N)c1F. The van der Waals surface area contributed by atoms with Crippen LogP contribution in [0.1, 0.15) is 31.2 Å². The molecule has 0 radical (unpaired) electrons. The van der Waals surface area contributed by atoms with Gasteiger partial charge in [0.1, 0.15) is 5.82 Å². The Bertz CT molecular complexity index is 575. The second-order valence-corrected chi connectivity index (χ2v) is 7.09. The number of halogens is 1. The standard InChI is InChI=1S/C14H21FN2O3S/c1-10-8-12(9-13(16)14(10)15)21(18,19)17-6-7-20-11-4-2-3-5-11/h8-9,11,17H,2-7,16H2,1H3. The predicted octanol–water partition coefficient (Wildman–Crippen LogP) is 1.95. The molecular weight excluding hydrogens is 295 g/mol. The maximum absolute atomic E-state index is 13.4. The van der Waals surface area contributed by atoms with Gasteiger partial charge >= 0.3 is 0 Å². The molecule has 1 fully saturated rings. The quantitative estimate of drug-likeness (QED) is 0.621. The molecule has 0 saturated heterocycles. The molecule has 0 unspecified atom stereocenters. The summed E-state index contributed by atoms with van der Waals surface area (Å²) in [5, 5.41) is 0. The first-order valence-corrected chi connectivity index (χ1v) is 8.55. The van der Waals surface area contributed by atoms with Crippen LogP contribution in [0.2, 0.25) is 0 Å². The fourth-order valence-electron chi connectivity index (χ4n) is 2.46. The Labute approximate surface area is 124 Å². The van der Waals surface area contributed by atoms with E-state index < -0.39 is 15.8 Å². The van der Waals surface area contributed by atoms with Gasteiger partial charge in [-0.1, -0.05) is 12.8 Å². The van der Waals surface area contributed by atoms with Crippen LogP contribution in [0.3, 0.4) is 0 Å². The average Bonchev–Trinajstić information content (AvgIpc) is 2.93. The van der Waals surface area contributed by atoms with Crippen LogP contribution in [0.25, 0.3) is 0 Å². The van der Waals surface area contributed by atoms with Gasteiger partial charge in [0.2, 0.25) is 10.0 Å². The molecule has 3 N–H and O–H groups in total. The first-order chi connectivity index (χ1) is 9.90. The van der Waals surface area contributed by atoms with Crippen molar-refractivity contribution in [2.24, 2.45) is 0 Å². The number of nitrogen functional groups attached to an aromatic ring is 1. The number of aryl methyl sites for hydroxylation is 1. The van der Waals surface area contributed by atoms with Crippen LogP contribution < -0.4 is 10.5 Å². The zero-order valence-electron chi connectivity index (χ0n) is 12.1. The number of anilines is 1. The molecule has 1 aromatic rings. The molecule has 118 valence electrons. The Kier molecular flexibility index (Phi) is 5.18. The van der Waals surface area contributed by atoms with Crippen molar-refractivity contribution in [3.63, 3.8) is 0 Å². The summed E-state index contributed by atoms with van der Waals surface area (Å²) in [7, 11) is -3.69. The number of hydrogen-bond donors (Lipinski definition) is 2. The third-order valence-corrected chi connectivity index (χ3v) is 5.06. The molecule has 0 amide bonds. The molecule has 0 aliphatic heterocycles. The predicted molar refractivity (Wildman–Crippen MR) is 78.9 cm³/mol. The van der Waals surface area contributed by atoms with Gasteiger partial charge in [-0.25, -0.2) is 17.5 Å². The van der Waals surface area contributed by atoms with E-state index in [2.05, 4.69) is 4.72 Å².